The fourth-order valence-electron chi connectivity index (χ4n) is 2.60. The van der Waals surface area contributed by atoms with Crippen molar-refractivity contribution in [2.45, 2.75) is 19.1 Å². The number of rotatable bonds is 5. The predicted octanol–water partition coefficient (Wildman–Crippen LogP) is 1.87. The van der Waals surface area contributed by atoms with E-state index in [2.05, 4.69) is 5.32 Å². The van der Waals surface area contributed by atoms with Crippen molar-refractivity contribution in [3.8, 4) is 0 Å². The minimum absolute atomic E-state index is 0.0909. The van der Waals surface area contributed by atoms with Gasteiger partial charge in [-0.2, -0.15) is 13.2 Å². The van der Waals surface area contributed by atoms with Gasteiger partial charge in [0.1, 0.15) is 5.82 Å². The van der Waals surface area contributed by atoms with Crippen LogP contribution in [0.1, 0.15) is 17.5 Å². The minimum Gasteiger partial charge on any atom is -0.481 e. The van der Waals surface area contributed by atoms with E-state index in [4.69, 9.17) is 5.11 Å². The standard InChI is InChI=1S/C15H16F4N2O3/c16-11-2-1-9(12(5-11)15(17,18)19)6-20-13(22)8-21-4-3-10(7-21)14(23)24/h1-2,5,10H,3-4,6-8H2,(H,20,22)(H,23,24). The molecule has 1 heterocycles. The van der Waals surface area contributed by atoms with E-state index < -0.39 is 35.4 Å². The van der Waals surface area contributed by atoms with Gasteiger partial charge in [-0.1, -0.05) is 6.07 Å². The molecule has 1 unspecified atom stereocenters. The maximum atomic E-state index is 13.0. The monoisotopic (exact) mass is 348 g/mol. The summed E-state index contributed by atoms with van der Waals surface area (Å²) < 4.78 is 51.6. The molecule has 5 nitrogen and oxygen atoms in total. The Morgan fingerprint density at radius 2 is 2.04 bits per heavy atom. The van der Waals surface area contributed by atoms with Crippen molar-refractivity contribution in [3.05, 3.63) is 35.1 Å². The van der Waals surface area contributed by atoms with Crippen LogP contribution in [0.15, 0.2) is 18.2 Å². The second kappa shape index (κ2) is 7.16. The Kier molecular flexibility index (Phi) is 5.43. The van der Waals surface area contributed by atoms with Crippen LogP contribution in [0.5, 0.6) is 0 Å². The van der Waals surface area contributed by atoms with Crippen LogP contribution < -0.4 is 5.32 Å². The van der Waals surface area contributed by atoms with Crippen molar-refractivity contribution in [2.75, 3.05) is 19.6 Å². The minimum atomic E-state index is -4.72. The number of hydrogen-bond acceptors (Lipinski definition) is 3. The summed E-state index contributed by atoms with van der Waals surface area (Å²) in [6.45, 7) is 0.193. The van der Waals surface area contributed by atoms with Gasteiger partial charge < -0.3 is 10.4 Å². The van der Waals surface area contributed by atoms with Crippen LogP contribution in [0, 0.1) is 11.7 Å². The first-order valence-electron chi connectivity index (χ1n) is 7.24. The molecule has 0 radical (unpaired) electrons. The number of likely N-dealkylation sites (tertiary alicyclic amines) is 1. The first-order valence-corrected chi connectivity index (χ1v) is 7.24. The van der Waals surface area contributed by atoms with E-state index in [0.29, 0.717) is 19.0 Å². The highest BCUT2D eigenvalue weighted by Crippen LogP contribution is 2.32. The van der Waals surface area contributed by atoms with Crippen LogP contribution >= 0.6 is 0 Å². The van der Waals surface area contributed by atoms with Crippen LogP contribution in [0.3, 0.4) is 0 Å². The maximum absolute atomic E-state index is 13.0. The number of nitrogens with zero attached hydrogens (tertiary/aromatic N) is 1. The molecule has 2 N–H and O–H groups in total. The molecule has 0 aromatic heterocycles. The lowest BCUT2D eigenvalue weighted by molar-refractivity contribution is -0.141. The second-order valence-electron chi connectivity index (χ2n) is 5.63. The lowest BCUT2D eigenvalue weighted by atomic mass is 10.1. The molecule has 9 heteroatoms. The number of nitrogens with one attached hydrogen (secondary N) is 1. The average molecular weight is 348 g/mol. The zero-order valence-electron chi connectivity index (χ0n) is 12.6. The highest BCUT2D eigenvalue weighted by Gasteiger charge is 2.34. The molecule has 2 rings (SSSR count). The summed E-state index contributed by atoms with van der Waals surface area (Å²) in [5.74, 6) is -2.99. The molecule has 0 bridgehead atoms. The third-order valence-corrected chi connectivity index (χ3v) is 3.84. The smallest absolute Gasteiger partial charge is 0.416 e. The first-order chi connectivity index (χ1) is 11.2. The second-order valence-corrected chi connectivity index (χ2v) is 5.63. The number of hydrogen-bond donors (Lipinski definition) is 2. The van der Waals surface area contributed by atoms with E-state index in [9.17, 15) is 27.2 Å². The summed E-state index contributed by atoms with van der Waals surface area (Å²) in [5, 5.41) is 11.2. The Hall–Kier alpha value is -2.16. The van der Waals surface area contributed by atoms with E-state index in [1.54, 1.807) is 4.90 Å². The van der Waals surface area contributed by atoms with Crippen molar-refractivity contribution in [1.29, 1.82) is 0 Å². The normalized spacial score (nSPS) is 18.6. The van der Waals surface area contributed by atoms with Crippen molar-refractivity contribution in [2.24, 2.45) is 5.92 Å². The molecule has 1 atom stereocenters. The van der Waals surface area contributed by atoms with Gasteiger partial charge in [-0.15, -0.1) is 0 Å². The quantitative estimate of drug-likeness (QED) is 0.797. The zero-order valence-corrected chi connectivity index (χ0v) is 12.6. The molecule has 1 aliphatic heterocycles. The third-order valence-electron chi connectivity index (χ3n) is 3.84. The van der Waals surface area contributed by atoms with Crippen molar-refractivity contribution < 1.29 is 32.3 Å². The molecule has 1 fully saturated rings. The van der Waals surface area contributed by atoms with E-state index in [1.165, 1.54) is 0 Å². The molecular weight excluding hydrogens is 332 g/mol. The predicted molar refractivity (Wildman–Crippen MR) is 75.4 cm³/mol. The molecule has 1 amide bonds. The molecular formula is C15H16F4N2O3. The van der Waals surface area contributed by atoms with Gasteiger partial charge in [-0.3, -0.25) is 14.5 Å². The van der Waals surface area contributed by atoms with Gasteiger partial charge in [0.05, 0.1) is 18.0 Å². The molecule has 1 aromatic carbocycles. The zero-order chi connectivity index (χ0) is 17.9. The van der Waals surface area contributed by atoms with Crippen molar-refractivity contribution in [1.82, 2.24) is 10.2 Å². The highest BCUT2D eigenvalue weighted by molar-refractivity contribution is 5.78. The maximum Gasteiger partial charge on any atom is 0.416 e. The summed E-state index contributed by atoms with van der Waals surface area (Å²) in [5.41, 5.74) is -1.36. The fourth-order valence-corrected chi connectivity index (χ4v) is 2.60. The van der Waals surface area contributed by atoms with Gasteiger partial charge in [0.15, 0.2) is 0 Å². The van der Waals surface area contributed by atoms with Crippen LogP contribution in [0.4, 0.5) is 17.6 Å². The number of carbonyl (C=O) groups excluding carboxylic acids is 1. The number of benzene rings is 1. The Bertz CT molecular complexity index is 634. The van der Waals surface area contributed by atoms with Gasteiger partial charge in [-0.05, 0) is 30.7 Å². The summed E-state index contributed by atoms with van der Waals surface area (Å²) in [7, 11) is 0. The van der Waals surface area contributed by atoms with Gasteiger partial charge >= 0.3 is 12.1 Å². The fraction of sp³-hybridized carbons (Fsp3) is 0.467. The van der Waals surface area contributed by atoms with Crippen molar-refractivity contribution >= 4 is 11.9 Å². The van der Waals surface area contributed by atoms with Crippen molar-refractivity contribution in [3.63, 3.8) is 0 Å². The molecule has 1 saturated heterocycles. The van der Waals surface area contributed by atoms with Crippen LogP contribution in [0.25, 0.3) is 0 Å². The number of amides is 1. The Morgan fingerprint density at radius 3 is 2.62 bits per heavy atom. The number of alkyl halides is 3. The molecule has 0 saturated carbocycles. The molecule has 1 aliphatic rings. The number of carboxylic acid groups (broad SMARTS) is 1. The number of aliphatic carboxylic acids is 1. The van der Waals surface area contributed by atoms with E-state index in [0.717, 1.165) is 12.1 Å². The highest BCUT2D eigenvalue weighted by atomic mass is 19.4. The lowest BCUT2D eigenvalue weighted by Crippen LogP contribution is -2.36. The summed E-state index contributed by atoms with van der Waals surface area (Å²) in [6.07, 6.45) is -4.29. The van der Waals surface area contributed by atoms with E-state index in [1.807, 2.05) is 0 Å². The van der Waals surface area contributed by atoms with Gasteiger partial charge in [0.25, 0.3) is 0 Å². The van der Waals surface area contributed by atoms with Gasteiger partial charge in [0.2, 0.25) is 5.91 Å². The SMILES string of the molecule is O=C(CN1CCC(C(=O)O)C1)NCc1ccc(F)cc1C(F)(F)F. The molecule has 24 heavy (non-hydrogen) atoms. The molecule has 0 aliphatic carbocycles. The lowest BCUT2D eigenvalue weighted by Gasteiger charge is -2.16. The Morgan fingerprint density at radius 1 is 1.33 bits per heavy atom. The average Bonchev–Trinajstić information content (AvgIpc) is 2.93. The van der Waals surface area contributed by atoms with Gasteiger partial charge in [0, 0.05) is 13.1 Å². The summed E-state index contributed by atoms with van der Waals surface area (Å²) >= 11 is 0. The molecule has 0 spiro atoms. The number of carbonyl (C=O) groups is 2. The van der Waals surface area contributed by atoms with E-state index in [-0.39, 0.29) is 25.2 Å². The Labute approximate surface area is 135 Å². The number of carboxylic acids is 1. The summed E-state index contributed by atoms with van der Waals surface area (Å²) in [4.78, 5) is 24.3. The van der Waals surface area contributed by atoms with Gasteiger partial charge in [-0.25, -0.2) is 4.39 Å². The van der Waals surface area contributed by atoms with E-state index >= 15 is 0 Å². The third kappa shape index (κ3) is 4.67. The number of halogens is 4. The first kappa shape index (κ1) is 18.2. The summed E-state index contributed by atoms with van der Waals surface area (Å²) in [6, 6.07) is 2.27. The Balaban J connectivity index is 1.92. The molecule has 132 valence electrons. The molecule has 1 aromatic rings. The largest absolute Gasteiger partial charge is 0.481 e. The van der Waals surface area contributed by atoms with Crippen LogP contribution in [0.2, 0.25) is 0 Å². The van der Waals surface area contributed by atoms with Crippen LogP contribution in [-0.4, -0.2) is 41.5 Å². The van der Waals surface area contributed by atoms with Crippen LogP contribution in [-0.2, 0) is 22.3 Å². The topological polar surface area (TPSA) is 69.6 Å².